The van der Waals surface area contributed by atoms with Crippen molar-refractivity contribution in [2.24, 2.45) is 0 Å². The number of rotatable bonds is 11. The van der Waals surface area contributed by atoms with Gasteiger partial charge >= 0.3 is 0 Å². The van der Waals surface area contributed by atoms with Crippen LogP contribution in [0, 0.1) is 0 Å². The minimum Gasteiger partial charge on any atom is -0.494 e. The topological polar surface area (TPSA) is 93.0 Å². The van der Waals surface area contributed by atoms with Gasteiger partial charge in [-0.25, -0.2) is 9.50 Å². The van der Waals surface area contributed by atoms with Crippen molar-refractivity contribution in [2.45, 2.75) is 6.92 Å². The van der Waals surface area contributed by atoms with Crippen LogP contribution in [0.4, 0.5) is 5.69 Å². The first-order chi connectivity index (χ1) is 16.8. The quantitative estimate of drug-likeness (QED) is 0.322. The molecule has 0 spiro atoms. The number of benzene rings is 1. The summed E-state index contributed by atoms with van der Waals surface area (Å²) in [5.74, 6) is 0.877. The molecule has 0 saturated carbocycles. The van der Waals surface area contributed by atoms with Crippen LogP contribution in [0.3, 0.4) is 0 Å². The minimum atomic E-state index is -0.0899. The molecule has 0 aliphatic rings. The maximum Gasteiger partial charge on any atom is 0.251 e. The molecular formula is C26H32N6O3. The molecule has 0 radical (unpaired) electrons. The zero-order valence-electron chi connectivity index (χ0n) is 20.8. The van der Waals surface area contributed by atoms with E-state index in [2.05, 4.69) is 27.3 Å². The van der Waals surface area contributed by atoms with Gasteiger partial charge in [-0.1, -0.05) is 18.7 Å². The summed E-state index contributed by atoms with van der Waals surface area (Å²) >= 11 is 0. The van der Waals surface area contributed by atoms with Crippen LogP contribution in [0.2, 0.25) is 0 Å². The molecular weight excluding hydrogens is 444 g/mol. The number of nitrogens with zero attached hydrogens (tertiary/aromatic N) is 4. The number of carbonyl (C=O) groups is 1. The number of hydrogen-bond donors (Lipinski definition) is 2. The van der Waals surface area contributed by atoms with Gasteiger partial charge in [0, 0.05) is 36.1 Å². The Morgan fingerprint density at radius 1 is 1.14 bits per heavy atom. The van der Waals surface area contributed by atoms with Crippen LogP contribution in [0.25, 0.3) is 16.8 Å². The summed E-state index contributed by atoms with van der Waals surface area (Å²) in [5, 5.41) is 10.6. The first kappa shape index (κ1) is 25.5. The van der Waals surface area contributed by atoms with E-state index in [4.69, 9.17) is 9.47 Å². The van der Waals surface area contributed by atoms with E-state index in [9.17, 15) is 4.79 Å². The first-order valence-corrected chi connectivity index (χ1v) is 11.1. The van der Waals surface area contributed by atoms with Crippen molar-refractivity contribution in [1.82, 2.24) is 24.8 Å². The predicted octanol–water partition coefficient (Wildman–Crippen LogP) is 3.69. The molecule has 3 rings (SSSR count). The van der Waals surface area contributed by atoms with Crippen LogP contribution in [0.1, 0.15) is 17.3 Å². The molecule has 2 N–H and O–H groups in total. The summed E-state index contributed by atoms with van der Waals surface area (Å²) in [6, 6.07) is 9.50. The molecule has 2 heterocycles. The van der Waals surface area contributed by atoms with Crippen molar-refractivity contribution < 1.29 is 14.3 Å². The van der Waals surface area contributed by atoms with Gasteiger partial charge in [0.05, 0.1) is 19.9 Å². The molecule has 2 aromatic heterocycles. The summed E-state index contributed by atoms with van der Waals surface area (Å²) < 4.78 is 12.2. The lowest BCUT2D eigenvalue weighted by Crippen LogP contribution is -2.31. The molecule has 0 atom stereocenters. The summed E-state index contributed by atoms with van der Waals surface area (Å²) in [4.78, 5) is 18.8. The number of carbonyl (C=O) groups excluding carboxylic acids is 1. The summed E-state index contributed by atoms with van der Waals surface area (Å²) in [6.45, 7) is 7.13. The van der Waals surface area contributed by atoms with Crippen LogP contribution in [0.5, 0.6) is 0 Å². The second kappa shape index (κ2) is 11.8. The van der Waals surface area contributed by atoms with Gasteiger partial charge in [-0.3, -0.25) is 4.79 Å². The third-order valence-electron chi connectivity index (χ3n) is 5.26. The zero-order valence-corrected chi connectivity index (χ0v) is 20.8. The summed E-state index contributed by atoms with van der Waals surface area (Å²) in [6.07, 6.45) is 7.06. The summed E-state index contributed by atoms with van der Waals surface area (Å²) in [7, 11) is 7.05. The number of aromatic nitrogens is 3. The Labute approximate surface area is 205 Å². The van der Waals surface area contributed by atoms with Gasteiger partial charge in [0.15, 0.2) is 17.2 Å². The maximum absolute atomic E-state index is 12.4. The molecule has 3 aromatic rings. The van der Waals surface area contributed by atoms with Crippen LogP contribution in [-0.2, 0) is 9.47 Å². The van der Waals surface area contributed by atoms with Gasteiger partial charge in [0.2, 0.25) is 0 Å². The Balaban J connectivity index is 1.83. The highest BCUT2D eigenvalue weighted by Gasteiger charge is 2.10. The van der Waals surface area contributed by atoms with Gasteiger partial charge in [-0.2, -0.15) is 5.10 Å². The number of allylic oxidation sites excluding steroid dienone is 3. The minimum absolute atomic E-state index is 0.0899. The molecule has 9 nitrogen and oxygen atoms in total. The number of nitrogens with one attached hydrogen (secondary N) is 2. The average Bonchev–Trinajstić information content (AvgIpc) is 3.33. The molecule has 0 unspecified atom stereocenters. The molecule has 0 bridgehead atoms. The van der Waals surface area contributed by atoms with E-state index in [1.165, 1.54) is 6.33 Å². The predicted molar refractivity (Wildman–Crippen MR) is 138 cm³/mol. The Morgan fingerprint density at radius 2 is 1.89 bits per heavy atom. The molecule has 0 aliphatic heterocycles. The molecule has 1 aromatic carbocycles. The van der Waals surface area contributed by atoms with Crippen molar-refractivity contribution in [2.75, 3.05) is 46.7 Å². The van der Waals surface area contributed by atoms with E-state index in [1.54, 1.807) is 24.8 Å². The van der Waals surface area contributed by atoms with Crippen molar-refractivity contribution in [3.8, 4) is 11.1 Å². The standard InChI is InChI=1S/C26H32N6O3/c1-18(7-12-24(35-6)19(2)34-5)30-23-15-22(16-32-25(23)28-17-29-32)20-8-10-21(11-9-20)26(33)27-13-14-31(3)4/h7-12,15-17,30H,2,13-14H2,1,3-6H3,(H,27,33)/b18-7+,24-12+. The number of likely N-dealkylation sites (N-methyl/N-ethyl adjacent to an activating group) is 1. The van der Waals surface area contributed by atoms with Crippen LogP contribution in [-0.4, -0.2) is 66.8 Å². The van der Waals surface area contributed by atoms with Gasteiger partial charge in [-0.15, -0.1) is 0 Å². The van der Waals surface area contributed by atoms with E-state index in [0.29, 0.717) is 29.3 Å². The van der Waals surface area contributed by atoms with Crippen LogP contribution >= 0.6 is 0 Å². The molecule has 9 heteroatoms. The Bertz CT molecular complexity index is 1240. The number of amides is 1. The van der Waals surface area contributed by atoms with Crippen molar-refractivity contribution in [3.63, 3.8) is 0 Å². The van der Waals surface area contributed by atoms with Gasteiger partial charge in [-0.05, 0) is 56.9 Å². The number of anilines is 1. The van der Waals surface area contributed by atoms with E-state index in [1.807, 2.05) is 68.5 Å². The number of ether oxygens (including phenoxy) is 2. The SMILES string of the molecule is C=C(OC)/C(=C\C=C(/C)Nc1cc(-c2ccc(C(=O)NCCN(C)C)cc2)cn2ncnc12)OC. The van der Waals surface area contributed by atoms with Crippen LogP contribution < -0.4 is 10.6 Å². The number of fused-ring (bicyclic) bond motifs is 1. The number of pyridine rings is 1. The third kappa shape index (κ3) is 6.70. The highest BCUT2D eigenvalue weighted by atomic mass is 16.5. The lowest BCUT2D eigenvalue weighted by Gasteiger charge is -2.12. The smallest absolute Gasteiger partial charge is 0.251 e. The van der Waals surface area contributed by atoms with E-state index in [-0.39, 0.29) is 5.91 Å². The largest absolute Gasteiger partial charge is 0.494 e. The van der Waals surface area contributed by atoms with E-state index in [0.717, 1.165) is 29.1 Å². The van der Waals surface area contributed by atoms with Gasteiger partial charge < -0.3 is 25.0 Å². The van der Waals surface area contributed by atoms with E-state index >= 15 is 0 Å². The fraction of sp³-hybridized carbons (Fsp3) is 0.269. The van der Waals surface area contributed by atoms with Gasteiger partial charge in [0.1, 0.15) is 6.33 Å². The normalized spacial score (nSPS) is 12.1. The number of hydrogen-bond acceptors (Lipinski definition) is 7. The molecule has 1 amide bonds. The van der Waals surface area contributed by atoms with Crippen molar-refractivity contribution >= 4 is 17.2 Å². The Morgan fingerprint density at radius 3 is 2.54 bits per heavy atom. The highest BCUT2D eigenvalue weighted by Crippen LogP contribution is 2.26. The first-order valence-electron chi connectivity index (χ1n) is 11.1. The van der Waals surface area contributed by atoms with Crippen molar-refractivity contribution in [1.29, 1.82) is 0 Å². The Hall–Kier alpha value is -4.11. The fourth-order valence-electron chi connectivity index (χ4n) is 3.32. The van der Waals surface area contributed by atoms with Crippen LogP contribution in [0.15, 0.2) is 78.8 Å². The highest BCUT2D eigenvalue weighted by molar-refractivity contribution is 5.94. The Kier molecular flexibility index (Phi) is 8.63. The third-order valence-corrected chi connectivity index (χ3v) is 5.26. The molecule has 0 aliphatic carbocycles. The monoisotopic (exact) mass is 476 g/mol. The molecule has 35 heavy (non-hydrogen) atoms. The molecule has 0 fully saturated rings. The second-order valence-electron chi connectivity index (χ2n) is 8.14. The lowest BCUT2D eigenvalue weighted by atomic mass is 10.0. The second-order valence-corrected chi connectivity index (χ2v) is 8.14. The molecule has 184 valence electrons. The van der Waals surface area contributed by atoms with E-state index < -0.39 is 0 Å². The lowest BCUT2D eigenvalue weighted by molar-refractivity contribution is 0.0951. The fourth-order valence-corrected chi connectivity index (χ4v) is 3.32. The summed E-state index contributed by atoms with van der Waals surface area (Å²) in [5.41, 5.74) is 4.83. The number of methoxy groups -OCH3 is 2. The molecule has 0 saturated heterocycles. The zero-order chi connectivity index (χ0) is 25.4. The average molecular weight is 477 g/mol. The van der Waals surface area contributed by atoms with Gasteiger partial charge in [0.25, 0.3) is 5.91 Å². The maximum atomic E-state index is 12.4. The van der Waals surface area contributed by atoms with Crippen molar-refractivity contribution in [3.05, 3.63) is 84.4 Å².